The molecule has 0 unspecified atom stereocenters. The summed E-state index contributed by atoms with van der Waals surface area (Å²) < 4.78 is 7.54. The number of nitrogens with zero attached hydrogens (tertiary/aromatic N) is 2. The van der Waals surface area contributed by atoms with Gasteiger partial charge >= 0.3 is 0 Å². The molecule has 0 N–H and O–H groups in total. The summed E-state index contributed by atoms with van der Waals surface area (Å²) >= 11 is 0. The second-order valence-corrected chi connectivity index (χ2v) is 7.99. The van der Waals surface area contributed by atoms with Gasteiger partial charge in [0, 0.05) is 30.5 Å². The van der Waals surface area contributed by atoms with Crippen LogP contribution in [0.25, 0.3) is 0 Å². The van der Waals surface area contributed by atoms with Crippen LogP contribution in [0.3, 0.4) is 0 Å². The second-order valence-electron chi connectivity index (χ2n) is 7.99. The number of hydrogen-bond donors (Lipinski definition) is 0. The molecule has 4 rings (SSSR count). The summed E-state index contributed by atoms with van der Waals surface area (Å²) in [6.07, 6.45) is 2.08. The van der Waals surface area contributed by atoms with Crippen molar-refractivity contribution in [2.75, 3.05) is 7.11 Å². The summed E-state index contributed by atoms with van der Waals surface area (Å²) in [6, 6.07) is 30.2. The van der Waals surface area contributed by atoms with Crippen LogP contribution in [0.2, 0.25) is 0 Å². The minimum absolute atomic E-state index is 0.0177. The number of methoxy groups -OCH3 is 1. The van der Waals surface area contributed by atoms with Crippen LogP contribution in [0.1, 0.15) is 32.7 Å². The fourth-order valence-electron chi connectivity index (χ4n) is 3.77. The first-order chi connectivity index (χ1) is 15.6. The Morgan fingerprint density at radius 2 is 1.62 bits per heavy atom. The summed E-state index contributed by atoms with van der Waals surface area (Å²) in [5.74, 6) is 0.661. The number of benzene rings is 3. The van der Waals surface area contributed by atoms with E-state index < -0.39 is 0 Å². The zero-order valence-electron chi connectivity index (χ0n) is 18.6. The standard InChI is InChI=1S/C28H28N2O2/c1-22-13-15-24(16-14-22)19-29-17-7-11-26(29)21-30(20-23-8-4-3-5-9-23)28(31)25-10-6-12-27(18-25)32-2/h3-18H,19-21H2,1-2H3. The van der Waals surface area contributed by atoms with Gasteiger partial charge in [0.05, 0.1) is 13.7 Å². The first kappa shape index (κ1) is 21.4. The van der Waals surface area contributed by atoms with Gasteiger partial charge in [0.1, 0.15) is 5.75 Å². The average molecular weight is 425 g/mol. The highest BCUT2D eigenvalue weighted by molar-refractivity contribution is 5.94. The Bertz CT molecular complexity index is 1160. The van der Waals surface area contributed by atoms with Gasteiger partial charge in [0.2, 0.25) is 0 Å². The molecule has 3 aromatic carbocycles. The van der Waals surface area contributed by atoms with Crippen molar-refractivity contribution in [3.63, 3.8) is 0 Å². The van der Waals surface area contributed by atoms with E-state index in [0.717, 1.165) is 17.8 Å². The number of rotatable bonds is 8. The van der Waals surface area contributed by atoms with Crippen LogP contribution in [-0.4, -0.2) is 22.5 Å². The first-order valence-electron chi connectivity index (χ1n) is 10.8. The molecule has 0 bridgehead atoms. The molecule has 0 saturated heterocycles. The van der Waals surface area contributed by atoms with Crippen molar-refractivity contribution in [3.05, 3.63) is 125 Å². The lowest BCUT2D eigenvalue weighted by atomic mass is 10.1. The van der Waals surface area contributed by atoms with E-state index in [0.29, 0.717) is 24.4 Å². The number of ether oxygens (including phenoxy) is 1. The lowest BCUT2D eigenvalue weighted by Gasteiger charge is -2.24. The van der Waals surface area contributed by atoms with Crippen LogP contribution in [0.15, 0.2) is 97.2 Å². The third kappa shape index (κ3) is 5.27. The Hall–Kier alpha value is -3.79. The average Bonchev–Trinajstić information content (AvgIpc) is 3.26. The van der Waals surface area contributed by atoms with Gasteiger partial charge in [-0.1, -0.05) is 66.2 Å². The summed E-state index contributed by atoms with van der Waals surface area (Å²) in [5.41, 5.74) is 5.30. The lowest BCUT2D eigenvalue weighted by molar-refractivity contribution is 0.0726. The molecule has 0 aliphatic carbocycles. The Morgan fingerprint density at radius 1 is 0.844 bits per heavy atom. The highest BCUT2D eigenvalue weighted by Crippen LogP contribution is 2.19. The molecule has 1 amide bonds. The van der Waals surface area contributed by atoms with Gasteiger partial charge in [0.15, 0.2) is 0 Å². The molecule has 1 heterocycles. The third-order valence-electron chi connectivity index (χ3n) is 5.57. The molecule has 32 heavy (non-hydrogen) atoms. The Kier molecular flexibility index (Phi) is 6.71. The molecule has 162 valence electrons. The van der Waals surface area contributed by atoms with Crippen molar-refractivity contribution in [3.8, 4) is 5.75 Å². The number of amides is 1. The minimum Gasteiger partial charge on any atom is -0.497 e. The molecule has 4 heteroatoms. The predicted octanol–water partition coefficient (Wildman–Crippen LogP) is 5.70. The van der Waals surface area contributed by atoms with E-state index in [1.807, 2.05) is 47.4 Å². The van der Waals surface area contributed by atoms with Crippen molar-refractivity contribution in [1.29, 1.82) is 0 Å². The SMILES string of the molecule is COc1cccc(C(=O)N(Cc2ccccc2)Cc2cccn2Cc2ccc(C)cc2)c1. The minimum atomic E-state index is -0.0177. The second kappa shape index (κ2) is 10.0. The summed E-state index contributed by atoms with van der Waals surface area (Å²) in [6.45, 7) is 3.92. The monoisotopic (exact) mass is 424 g/mol. The van der Waals surface area contributed by atoms with Gasteiger partial charge in [-0.15, -0.1) is 0 Å². The van der Waals surface area contributed by atoms with Gasteiger partial charge < -0.3 is 14.2 Å². The number of aryl methyl sites for hydroxylation is 1. The summed E-state index contributed by atoms with van der Waals surface area (Å²) in [7, 11) is 1.61. The van der Waals surface area contributed by atoms with Crippen LogP contribution in [0.5, 0.6) is 5.75 Å². The topological polar surface area (TPSA) is 34.5 Å². The lowest BCUT2D eigenvalue weighted by Crippen LogP contribution is -2.31. The summed E-state index contributed by atoms with van der Waals surface area (Å²) in [5, 5.41) is 0. The normalized spacial score (nSPS) is 10.7. The third-order valence-corrected chi connectivity index (χ3v) is 5.57. The maximum Gasteiger partial charge on any atom is 0.254 e. The Balaban J connectivity index is 1.60. The molecule has 0 radical (unpaired) electrons. The first-order valence-corrected chi connectivity index (χ1v) is 10.8. The van der Waals surface area contributed by atoms with Crippen molar-refractivity contribution in [2.45, 2.75) is 26.6 Å². The highest BCUT2D eigenvalue weighted by atomic mass is 16.5. The van der Waals surface area contributed by atoms with Crippen molar-refractivity contribution >= 4 is 5.91 Å². The maximum absolute atomic E-state index is 13.5. The fourth-order valence-corrected chi connectivity index (χ4v) is 3.77. The molecule has 0 aliphatic rings. The molecule has 0 aliphatic heterocycles. The molecule has 0 saturated carbocycles. The van der Waals surface area contributed by atoms with E-state index >= 15 is 0 Å². The van der Waals surface area contributed by atoms with Gasteiger partial charge in [-0.05, 0) is 48.4 Å². The van der Waals surface area contributed by atoms with Gasteiger partial charge in [-0.3, -0.25) is 4.79 Å². The number of aromatic nitrogens is 1. The number of carbonyl (C=O) groups excluding carboxylic acids is 1. The fraction of sp³-hybridized carbons (Fsp3) is 0.179. The maximum atomic E-state index is 13.5. The predicted molar refractivity (Wildman–Crippen MR) is 128 cm³/mol. The highest BCUT2D eigenvalue weighted by Gasteiger charge is 2.19. The van der Waals surface area contributed by atoms with E-state index in [9.17, 15) is 4.79 Å². The smallest absolute Gasteiger partial charge is 0.254 e. The van der Waals surface area contributed by atoms with Gasteiger partial charge in [-0.25, -0.2) is 0 Å². The Morgan fingerprint density at radius 3 is 2.38 bits per heavy atom. The molecule has 0 fully saturated rings. The molecule has 4 nitrogen and oxygen atoms in total. The van der Waals surface area contributed by atoms with E-state index in [4.69, 9.17) is 4.74 Å². The summed E-state index contributed by atoms with van der Waals surface area (Å²) in [4.78, 5) is 15.4. The molecule has 4 aromatic rings. The zero-order chi connectivity index (χ0) is 22.3. The van der Waals surface area contributed by atoms with Crippen LogP contribution in [-0.2, 0) is 19.6 Å². The quantitative estimate of drug-likeness (QED) is 0.364. The zero-order valence-corrected chi connectivity index (χ0v) is 18.6. The Labute approximate surface area is 189 Å². The van der Waals surface area contributed by atoms with E-state index in [2.05, 4.69) is 60.2 Å². The molecular weight excluding hydrogens is 396 g/mol. The van der Waals surface area contributed by atoms with Crippen LogP contribution >= 0.6 is 0 Å². The van der Waals surface area contributed by atoms with Crippen molar-refractivity contribution < 1.29 is 9.53 Å². The van der Waals surface area contributed by atoms with Crippen molar-refractivity contribution in [2.24, 2.45) is 0 Å². The van der Waals surface area contributed by atoms with E-state index in [-0.39, 0.29) is 5.91 Å². The van der Waals surface area contributed by atoms with Crippen LogP contribution in [0, 0.1) is 6.92 Å². The van der Waals surface area contributed by atoms with Crippen molar-refractivity contribution in [1.82, 2.24) is 9.47 Å². The van der Waals surface area contributed by atoms with Crippen LogP contribution < -0.4 is 4.74 Å². The van der Waals surface area contributed by atoms with Gasteiger partial charge in [0.25, 0.3) is 5.91 Å². The number of hydrogen-bond acceptors (Lipinski definition) is 2. The number of carbonyl (C=O) groups is 1. The van der Waals surface area contributed by atoms with E-state index in [1.165, 1.54) is 11.1 Å². The largest absolute Gasteiger partial charge is 0.497 e. The van der Waals surface area contributed by atoms with Crippen LogP contribution in [0.4, 0.5) is 0 Å². The van der Waals surface area contributed by atoms with Gasteiger partial charge in [-0.2, -0.15) is 0 Å². The molecule has 1 aromatic heterocycles. The molecule has 0 atom stereocenters. The van der Waals surface area contributed by atoms with E-state index in [1.54, 1.807) is 13.2 Å². The molecule has 0 spiro atoms. The molecular formula is C28H28N2O2.